The van der Waals surface area contributed by atoms with E-state index >= 15 is 0 Å². The van der Waals surface area contributed by atoms with E-state index < -0.39 is 5.97 Å². The molecule has 7 heteroatoms. The third kappa shape index (κ3) is 4.84. The molecule has 0 amide bonds. The van der Waals surface area contributed by atoms with Crippen LogP contribution in [0.15, 0.2) is 59.5 Å². The van der Waals surface area contributed by atoms with Gasteiger partial charge in [-0.25, -0.2) is 0 Å². The van der Waals surface area contributed by atoms with Crippen molar-refractivity contribution in [1.29, 1.82) is 0 Å². The zero-order chi connectivity index (χ0) is 21.0. The highest BCUT2D eigenvalue weighted by atomic mass is 35.5. The van der Waals surface area contributed by atoms with E-state index in [2.05, 4.69) is 0 Å². The smallest absolute Gasteiger partial charge is 0.326 e. The summed E-state index contributed by atoms with van der Waals surface area (Å²) in [6.45, 7) is 3.69. The van der Waals surface area contributed by atoms with Gasteiger partial charge < -0.3 is 13.9 Å². The monoisotopic (exact) mass is 412 g/mol. The second-order valence-electron chi connectivity index (χ2n) is 6.71. The van der Waals surface area contributed by atoms with E-state index in [0.29, 0.717) is 17.1 Å². The third-order valence-corrected chi connectivity index (χ3v) is 5.09. The maximum Gasteiger partial charge on any atom is 0.326 e. The molecule has 150 valence electrons. The van der Waals surface area contributed by atoms with Crippen molar-refractivity contribution in [2.45, 2.75) is 26.9 Å². The summed E-state index contributed by atoms with van der Waals surface area (Å²) in [6.07, 6.45) is 1.49. The molecule has 1 aromatic carbocycles. The minimum atomic E-state index is -0.642. The zero-order valence-electron chi connectivity index (χ0n) is 16.2. The van der Waals surface area contributed by atoms with Gasteiger partial charge in [0.05, 0.1) is 0 Å². The van der Waals surface area contributed by atoms with E-state index in [1.807, 2.05) is 42.7 Å². The molecular weight excluding hydrogens is 392 g/mol. The summed E-state index contributed by atoms with van der Waals surface area (Å²) >= 11 is 6.25. The second kappa shape index (κ2) is 8.92. The Kier molecular flexibility index (Phi) is 6.34. The fraction of sp³-hybridized carbons (Fsp3) is 0.227. The zero-order valence-corrected chi connectivity index (χ0v) is 17.0. The van der Waals surface area contributed by atoms with Gasteiger partial charge in [-0.2, -0.15) is 0 Å². The quantitative estimate of drug-likeness (QED) is 0.440. The molecular formula is C22H21ClN2O4. The van der Waals surface area contributed by atoms with Crippen molar-refractivity contribution in [3.8, 4) is 0 Å². The maximum absolute atomic E-state index is 12.6. The molecule has 0 aliphatic heterocycles. The Morgan fingerprint density at radius 3 is 2.52 bits per heavy atom. The lowest BCUT2D eigenvalue weighted by Crippen LogP contribution is -2.25. The Morgan fingerprint density at radius 2 is 1.79 bits per heavy atom. The van der Waals surface area contributed by atoms with Gasteiger partial charge in [0, 0.05) is 40.8 Å². The number of nitrogens with zero attached hydrogens (tertiary/aromatic N) is 2. The Morgan fingerprint density at radius 1 is 1.07 bits per heavy atom. The number of hydrogen-bond donors (Lipinski definition) is 0. The Hall–Kier alpha value is -3.12. The highest BCUT2D eigenvalue weighted by Gasteiger charge is 2.18. The van der Waals surface area contributed by atoms with E-state index in [4.69, 9.17) is 16.3 Å². The summed E-state index contributed by atoms with van der Waals surface area (Å²) in [5, 5.41) is 0.665. The largest absolute Gasteiger partial charge is 0.456 e. The predicted molar refractivity (Wildman–Crippen MR) is 110 cm³/mol. The van der Waals surface area contributed by atoms with Gasteiger partial charge in [-0.05, 0) is 37.6 Å². The fourth-order valence-electron chi connectivity index (χ4n) is 3.12. The molecule has 0 spiro atoms. The van der Waals surface area contributed by atoms with Crippen LogP contribution in [0.3, 0.4) is 0 Å². The molecule has 6 nitrogen and oxygen atoms in total. The number of carbonyl (C=O) groups excluding carboxylic acids is 2. The summed E-state index contributed by atoms with van der Waals surface area (Å²) in [5.41, 5.74) is 2.84. The molecule has 29 heavy (non-hydrogen) atoms. The van der Waals surface area contributed by atoms with Crippen LogP contribution in [0.1, 0.15) is 27.3 Å². The van der Waals surface area contributed by atoms with Gasteiger partial charge >= 0.3 is 5.97 Å². The molecule has 0 fully saturated rings. The van der Waals surface area contributed by atoms with Crippen LogP contribution in [0.2, 0.25) is 5.02 Å². The van der Waals surface area contributed by atoms with Crippen LogP contribution >= 0.6 is 11.6 Å². The van der Waals surface area contributed by atoms with Gasteiger partial charge in [0.1, 0.15) is 6.54 Å². The van der Waals surface area contributed by atoms with Crippen molar-refractivity contribution in [1.82, 2.24) is 9.13 Å². The first-order valence-electron chi connectivity index (χ1n) is 9.11. The average molecular weight is 413 g/mol. The Labute approximate surface area is 173 Å². The lowest BCUT2D eigenvalue weighted by Gasteiger charge is -2.11. The van der Waals surface area contributed by atoms with Crippen LogP contribution in [-0.4, -0.2) is 27.5 Å². The lowest BCUT2D eigenvalue weighted by atomic mass is 10.1. The van der Waals surface area contributed by atoms with Crippen molar-refractivity contribution in [2.24, 2.45) is 0 Å². The van der Waals surface area contributed by atoms with Crippen LogP contribution in [0.5, 0.6) is 0 Å². The van der Waals surface area contributed by atoms with Crippen LogP contribution in [0.25, 0.3) is 0 Å². The number of benzene rings is 1. The first kappa shape index (κ1) is 20.6. The number of rotatable bonds is 7. The molecule has 0 saturated heterocycles. The third-order valence-electron chi connectivity index (χ3n) is 4.72. The summed E-state index contributed by atoms with van der Waals surface area (Å²) in [7, 11) is 0. The molecule has 2 heterocycles. The molecule has 0 bridgehead atoms. The summed E-state index contributed by atoms with van der Waals surface area (Å²) < 4.78 is 8.30. The molecule has 0 N–H and O–H groups in total. The molecule has 0 unspecified atom stereocenters. The highest BCUT2D eigenvalue weighted by molar-refractivity contribution is 6.31. The van der Waals surface area contributed by atoms with E-state index in [9.17, 15) is 14.4 Å². The van der Waals surface area contributed by atoms with Crippen molar-refractivity contribution in [3.63, 3.8) is 0 Å². The van der Waals surface area contributed by atoms with E-state index in [-0.39, 0.29) is 24.5 Å². The molecule has 3 aromatic rings. The number of Topliss-reactive ketones (excluding diaryl/α,β-unsaturated/α-hetero) is 1. The van der Waals surface area contributed by atoms with Crippen LogP contribution < -0.4 is 5.56 Å². The number of hydrogen-bond acceptors (Lipinski definition) is 4. The Bertz CT molecular complexity index is 1110. The number of ketones is 1. The number of aryl methyl sites for hydroxylation is 1. The molecule has 0 aliphatic rings. The van der Waals surface area contributed by atoms with E-state index in [1.54, 1.807) is 18.2 Å². The fourth-order valence-corrected chi connectivity index (χ4v) is 3.32. The number of aromatic nitrogens is 2. The van der Waals surface area contributed by atoms with Gasteiger partial charge in [0.25, 0.3) is 5.56 Å². The highest BCUT2D eigenvalue weighted by Crippen LogP contribution is 2.21. The second-order valence-corrected chi connectivity index (χ2v) is 7.12. The minimum Gasteiger partial charge on any atom is -0.456 e. The van der Waals surface area contributed by atoms with Crippen LogP contribution in [0.4, 0.5) is 0 Å². The van der Waals surface area contributed by atoms with Gasteiger partial charge in [-0.1, -0.05) is 35.9 Å². The molecule has 0 saturated carbocycles. The molecule has 0 atom stereocenters. The number of pyridine rings is 1. The normalized spacial score (nSPS) is 10.7. The number of carbonyl (C=O) groups is 2. The first-order valence-corrected chi connectivity index (χ1v) is 9.49. The number of halogens is 1. The van der Waals surface area contributed by atoms with Crippen molar-refractivity contribution in [3.05, 3.63) is 92.6 Å². The summed E-state index contributed by atoms with van der Waals surface area (Å²) in [4.78, 5) is 36.2. The van der Waals surface area contributed by atoms with Crippen LogP contribution in [0, 0.1) is 13.8 Å². The van der Waals surface area contributed by atoms with Gasteiger partial charge in [-0.3, -0.25) is 14.4 Å². The lowest BCUT2D eigenvalue weighted by molar-refractivity contribution is -0.143. The summed E-state index contributed by atoms with van der Waals surface area (Å²) in [5.74, 6) is -0.936. The number of esters is 1. The Balaban J connectivity index is 1.67. The summed E-state index contributed by atoms with van der Waals surface area (Å²) in [6, 6.07) is 13.9. The van der Waals surface area contributed by atoms with Crippen LogP contribution in [-0.2, 0) is 22.6 Å². The molecule has 0 radical (unpaired) electrons. The molecule has 0 aliphatic carbocycles. The molecule has 3 rings (SSSR count). The van der Waals surface area contributed by atoms with Crippen molar-refractivity contribution < 1.29 is 14.3 Å². The van der Waals surface area contributed by atoms with Crippen molar-refractivity contribution >= 4 is 23.4 Å². The topological polar surface area (TPSA) is 70.3 Å². The standard InChI is InChI=1S/C22H21ClN2O4/c1-15-11-18(16(2)25(15)12-17-7-3-4-8-19(17)23)20(26)14-29-22(28)13-24-10-6-5-9-21(24)27/h3-11H,12-14H2,1-2H3. The van der Waals surface area contributed by atoms with E-state index in [0.717, 1.165) is 17.0 Å². The van der Waals surface area contributed by atoms with Gasteiger partial charge in [-0.15, -0.1) is 0 Å². The maximum atomic E-state index is 12.6. The van der Waals surface area contributed by atoms with Gasteiger partial charge in [0.2, 0.25) is 5.78 Å². The average Bonchev–Trinajstić information content (AvgIpc) is 2.98. The first-order chi connectivity index (χ1) is 13.9. The predicted octanol–water partition coefficient (Wildman–Crippen LogP) is 3.39. The van der Waals surface area contributed by atoms with Gasteiger partial charge in [0.15, 0.2) is 6.61 Å². The van der Waals surface area contributed by atoms with Crippen molar-refractivity contribution in [2.75, 3.05) is 6.61 Å². The van der Waals surface area contributed by atoms with E-state index in [1.165, 1.54) is 16.8 Å². The number of ether oxygens (including phenoxy) is 1. The molecule has 2 aromatic heterocycles. The SMILES string of the molecule is Cc1cc(C(=O)COC(=O)Cn2ccccc2=O)c(C)n1Cc1ccccc1Cl. The minimum absolute atomic E-state index is 0.238.